The van der Waals surface area contributed by atoms with Gasteiger partial charge in [0, 0.05) is 0 Å². The van der Waals surface area contributed by atoms with Crippen LogP contribution in [0.15, 0.2) is 0 Å². The predicted octanol–water partition coefficient (Wildman–Crippen LogP) is 1.44. The minimum atomic E-state index is -0.948. The van der Waals surface area contributed by atoms with E-state index in [0.717, 1.165) is 0 Å². The summed E-state index contributed by atoms with van der Waals surface area (Å²) >= 11 is 0. The molecule has 0 aromatic heterocycles. The van der Waals surface area contributed by atoms with Gasteiger partial charge in [0.05, 0.1) is 0 Å². The number of halogens is 1. The van der Waals surface area contributed by atoms with Crippen LogP contribution in [0.4, 0.5) is 3.89 Å². The van der Waals surface area contributed by atoms with Crippen molar-refractivity contribution >= 4 is 16.9 Å². The first kappa shape index (κ1) is 5.34. The van der Waals surface area contributed by atoms with Crippen LogP contribution in [-0.2, 0) is 0 Å². The number of rotatable bonds is 0. The Kier molecular flexibility index (Phi) is 2.75. The van der Waals surface area contributed by atoms with Crippen LogP contribution in [0.1, 0.15) is 0 Å². The van der Waals surface area contributed by atoms with Gasteiger partial charge in [-0.3, -0.25) is 0 Å². The molecule has 0 aromatic carbocycles. The van der Waals surface area contributed by atoms with Gasteiger partial charge in [-0.25, -0.2) is 0 Å². The molecule has 0 radical (unpaired) electrons. The monoisotopic (exact) mass is 92.0 g/mol. The second-order valence-electron chi connectivity index (χ2n) is 0.715. The van der Waals surface area contributed by atoms with E-state index in [2.05, 4.69) is 0 Å². The summed E-state index contributed by atoms with van der Waals surface area (Å²) in [6.07, 6.45) is 3.06. The van der Waals surface area contributed by atoms with Gasteiger partial charge in [0.1, 0.15) is 0 Å². The molecule has 0 aliphatic carbocycles. The third-order valence-corrected chi connectivity index (χ3v) is 0.974. The van der Waals surface area contributed by atoms with Gasteiger partial charge in [-0.05, 0) is 0 Å². The van der Waals surface area contributed by atoms with Crippen molar-refractivity contribution in [1.82, 2.24) is 0 Å². The summed E-state index contributed by atoms with van der Waals surface area (Å²) in [5.41, 5.74) is 0. The third-order valence-electron chi connectivity index (χ3n) is 0.325. The quantitative estimate of drug-likeness (QED) is 0.396. The van der Waals surface area contributed by atoms with E-state index < -0.39 is 10.7 Å². The molecule has 0 aliphatic heterocycles. The molecule has 0 amide bonds. The second-order valence-corrected chi connectivity index (χ2v) is 2.14. The van der Waals surface area contributed by atoms with Gasteiger partial charge in [-0.15, -0.1) is 0 Å². The van der Waals surface area contributed by atoms with Crippen molar-refractivity contribution in [2.75, 3.05) is 6.26 Å². The van der Waals surface area contributed by atoms with Crippen molar-refractivity contribution in [3.63, 3.8) is 0 Å². The van der Waals surface area contributed by atoms with Crippen LogP contribution in [0, 0.1) is 0 Å². The van der Waals surface area contributed by atoms with Crippen LogP contribution in [0.2, 0.25) is 6.82 Å². The number of hydrogen-bond donors (Lipinski definition) is 0. The minimum absolute atomic E-state index is 0.948. The first-order valence-corrected chi connectivity index (χ1v) is 2.97. The maximum atomic E-state index is 11.4. The molecule has 0 fully saturated rings. The molecule has 0 saturated heterocycles. The van der Waals surface area contributed by atoms with Gasteiger partial charge >= 0.3 is 33.8 Å². The van der Waals surface area contributed by atoms with Gasteiger partial charge in [0.2, 0.25) is 0 Å². The van der Waals surface area contributed by atoms with Crippen molar-refractivity contribution in [1.29, 1.82) is 0 Å². The molecule has 30 valence electrons. The van der Waals surface area contributed by atoms with E-state index in [0.29, 0.717) is 0 Å². The van der Waals surface area contributed by atoms with Gasteiger partial charge in [-0.2, -0.15) is 0 Å². The average molecular weight is 91.9 g/mol. The molecule has 0 saturated carbocycles. The van der Waals surface area contributed by atoms with E-state index in [4.69, 9.17) is 0 Å². The fourth-order valence-corrected chi connectivity index (χ4v) is 0. The molecule has 0 heterocycles. The van der Waals surface area contributed by atoms with Crippen molar-refractivity contribution in [3.05, 3.63) is 0 Å². The molecule has 0 bridgehead atoms. The molecule has 0 aliphatic rings. The first-order valence-electron chi connectivity index (χ1n) is 1.38. The first-order chi connectivity index (χ1) is 2.27. The van der Waals surface area contributed by atoms with Crippen molar-refractivity contribution < 1.29 is 3.89 Å². The Morgan fingerprint density at radius 1 is 1.80 bits per heavy atom. The Morgan fingerprint density at radius 2 is 2.00 bits per heavy atom. The zero-order valence-electron chi connectivity index (χ0n) is 3.36. The SMILES string of the molecule is CB=S(C)F. The summed E-state index contributed by atoms with van der Waals surface area (Å²) in [5.74, 6) is 0. The van der Waals surface area contributed by atoms with E-state index in [1.807, 2.05) is 0 Å². The van der Waals surface area contributed by atoms with Crippen LogP contribution >= 0.6 is 10.7 Å². The van der Waals surface area contributed by atoms with Crippen molar-refractivity contribution in [3.8, 4) is 0 Å². The van der Waals surface area contributed by atoms with Gasteiger partial charge in [0.25, 0.3) is 0 Å². The average Bonchev–Trinajstić information content (AvgIpc) is 1.38. The van der Waals surface area contributed by atoms with Crippen LogP contribution in [-0.4, -0.2) is 12.4 Å². The molecule has 1 atom stereocenters. The van der Waals surface area contributed by atoms with Crippen LogP contribution in [0.5, 0.6) is 0 Å². The van der Waals surface area contributed by atoms with Crippen LogP contribution in [0.3, 0.4) is 0 Å². The summed E-state index contributed by atoms with van der Waals surface area (Å²) in [5, 5.41) is 0. The van der Waals surface area contributed by atoms with Crippen molar-refractivity contribution in [2.24, 2.45) is 0 Å². The molecule has 0 aromatic rings. The van der Waals surface area contributed by atoms with Crippen LogP contribution < -0.4 is 0 Å². The maximum absolute atomic E-state index is 11.4. The number of hydrogen-bond acceptors (Lipinski definition) is 0. The molecular formula is C2H6BFS. The van der Waals surface area contributed by atoms with Gasteiger partial charge in [-0.1, -0.05) is 0 Å². The molecule has 0 N–H and O–H groups in total. The topological polar surface area (TPSA) is 0 Å². The fourth-order valence-electron chi connectivity index (χ4n) is 0. The Balaban J connectivity index is 3.14. The molecule has 0 nitrogen and oxygen atoms in total. The summed E-state index contributed by atoms with van der Waals surface area (Å²) in [4.78, 5) is 0. The van der Waals surface area contributed by atoms with E-state index in [9.17, 15) is 3.89 Å². The van der Waals surface area contributed by atoms with E-state index in [1.165, 1.54) is 12.4 Å². The Morgan fingerprint density at radius 3 is 2.00 bits per heavy atom. The van der Waals surface area contributed by atoms with E-state index in [-0.39, 0.29) is 0 Å². The van der Waals surface area contributed by atoms with Crippen molar-refractivity contribution in [2.45, 2.75) is 6.82 Å². The molecule has 1 unspecified atom stereocenters. The summed E-state index contributed by atoms with van der Waals surface area (Å²) in [6.45, 7) is 1.71. The zero-order chi connectivity index (χ0) is 4.28. The molecule has 0 spiro atoms. The summed E-state index contributed by atoms with van der Waals surface area (Å²) in [6, 6.07) is 0. The molecule has 5 heavy (non-hydrogen) atoms. The zero-order valence-corrected chi connectivity index (χ0v) is 4.18. The normalized spacial score (nSPS) is 14.2. The fraction of sp³-hybridized carbons (Fsp3) is 1.00. The van der Waals surface area contributed by atoms with E-state index >= 15 is 0 Å². The van der Waals surface area contributed by atoms with E-state index in [1.54, 1.807) is 6.82 Å². The summed E-state index contributed by atoms with van der Waals surface area (Å²) < 4.78 is 11.4. The Hall–Kier alpha value is 0.345. The van der Waals surface area contributed by atoms with Gasteiger partial charge in [0.15, 0.2) is 0 Å². The second kappa shape index (κ2) is 2.58. The Bertz CT molecular complexity index is 47.6. The Labute approximate surface area is 34.7 Å². The third kappa shape index (κ3) is 4.34. The van der Waals surface area contributed by atoms with Gasteiger partial charge < -0.3 is 0 Å². The summed E-state index contributed by atoms with van der Waals surface area (Å²) in [7, 11) is -0.948. The molecule has 3 heteroatoms. The molecular weight excluding hydrogens is 85.9 g/mol. The standard InChI is InChI=1S/C2H6BFS/c1-3-5(2)4/h1-2H3. The molecule has 0 rings (SSSR count). The van der Waals surface area contributed by atoms with Crippen LogP contribution in [0.25, 0.3) is 0 Å². The predicted molar refractivity (Wildman–Crippen MR) is 26.2 cm³/mol.